The molecule has 0 fully saturated rings. The average Bonchev–Trinajstić information content (AvgIpc) is 2.72. The Bertz CT molecular complexity index is 444. The molecule has 1 heterocycles. The number of carbonyl (C=O) groups excluding carboxylic acids is 1. The van der Waals surface area contributed by atoms with Gasteiger partial charge in [-0.3, -0.25) is 4.79 Å². The highest BCUT2D eigenvalue weighted by Crippen LogP contribution is 2.29. The van der Waals surface area contributed by atoms with Crippen molar-refractivity contribution < 1.29 is 4.79 Å². The Balaban J connectivity index is 2.12. The monoisotopic (exact) mass is 309 g/mol. The summed E-state index contributed by atoms with van der Waals surface area (Å²) in [5.41, 5.74) is 3.79. The topological polar surface area (TPSA) is 20.3 Å². The molecule has 98 valence electrons. The van der Waals surface area contributed by atoms with Gasteiger partial charge in [0.2, 0.25) is 5.91 Å². The van der Waals surface area contributed by atoms with Gasteiger partial charge in [-0.1, -0.05) is 41.4 Å². The first-order valence-corrected chi connectivity index (χ1v) is 7.57. The van der Waals surface area contributed by atoms with Gasteiger partial charge in [0.25, 0.3) is 0 Å². The summed E-state index contributed by atoms with van der Waals surface area (Å²) in [7, 11) is 0. The van der Waals surface area contributed by atoms with Crippen molar-refractivity contribution in [1.82, 2.24) is 0 Å². The van der Waals surface area contributed by atoms with Crippen LogP contribution in [0.1, 0.15) is 37.8 Å². The van der Waals surface area contributed by atoms with Crippen molar-refractivity contribution in [1.29, 1.82) is 0 Å². The highest BCUT2D eigenvalue weighted by molar-refractivity contribution is 9.09. The fraction of sp³-hybridized carbons (Fsp3) is 0.533. The van der Waals surface area contributed by atoms with Crippen LogP contribution in [0.3, 0.4) is 0 Å². The molecule has 0 aromatic heterocycles. The number of halogens is 1. The van der Waals surface area contributed by atoms with Gasteiger partial charge in [0.15, 0.2) is 0 Å². The molecule has 1 aliphatic heterocycles. The van der Waals surface area contributed by atoms with Crippen molar-refractivity contribution in [3.8, 4) is 0 Å². The third-order valence-electron chi connectivity index (χ3n) is 3.48. The average molecular weight is 310 g/mol. The molecular weight excluding hydrogens is 290 g/mol. The van der Waals surface area contributed by atoms with Crippen LogP contribution in [0.4, 0.5) is 5.69 Å². The SMILES string of the molecule is CCCC(Br)Cc1ccc2c(c1)CCN2C(C)=O. The molecular formula is C15H20BrNO. The second-order valence-corrected chi connectivity index (χ2v) is 6.27. The number of fused-ring (bicyclic) bond motifs is 1. The smallest absolute Gasteiger partial charge is 0.223 e. The molecule has 1 atom stereocenters. The van der Waals surface area contributed by atoms with Crippen molar-refractivity contribution in [2.75, 3.05) is 11.4 Å². The van der Waals surface area contributed by atoms with E-state index in [4.69, 9.17) is 0 Å². The van der Waals surface area contributed by atoms with E-state index in [-0.39, 0.29) is 5.91 Å². The molecule has 0 aliphatic carbocycles. The zero-order valence-electron chi connectivity index (χ0n) is 11.1. The van der Waals surface area contributed by atoms with E-state index in [0.29, 0.717) is 4.83 Å². The number of nitrogens with zero attached hydrogens (tertiary/aromatic N) is 1. The van der Waals surface area contributed by atoms with Crippen molar-refractivity contribution in [3.05, 3.63) is 29.3 Å². The Morgan fingerprint density at radius 1 is 1.50 bits per heavy atom. The molecule has 2 rings (SSSR count). The molecule has 1 unspecified atom stereocenters. The van der Waals surface area contributed by atoms with Gasteiger partial charge in [-0.15, -0.1) is 0 Å². The molecule has 3 heteroatoms. The third-order valence-corrected chi connectivity index (χ3v) is 4.26. The van der Waals surface area contributed by atoms with Gasteiger partial charge in [-0.2, -0.15) is 0 Å². The van der Waals surface area contributed by atoms with Crippen molar-refractivity contribution in [3.63, 3.8) is 0 Å². The number of anilines is 1. The van der Waals surface area contributed by atoms with E-state index >= 15 is 0 Å². The van der Waals surface area contributed by atoms with Gasteiger partial charge in [0, 0.05) is 24.0 Å². The maximum atomic E-state index is 11.5. The van der Waals surface area contributed by atoms with Gasteiger partial charge in [0.1, 0.15) is 0 Å². The number of benzene rings is 1. The molecule has 1 aromatic carbocycles. The molecule has 2 nitrogen and oxygen atoms in total. The molecule has 0 N–H and O–H groups in total. The molecule has 0 saturated carbocycles. The second kappa shape index (κ2) is 5.87. The molecule has 0 saturated heterocycles. The lowest BCUT2D eigenvalue weighted by Gasteiger charge is -2.15. The fourth-order valence-corrected chi connectivity index (χ4v) is 3.41. The van der Waals surface area contributed by atoms with Crippen LogP contribution >= 0.6 is 15.9 Å². The van der Waals surface area contributed by atoms with Crippen LogP contribution in [0.15, 0.2) is 18.2 Å². The number of hydrogen-bond acceptors (Lipinski definition) is 1. The number of hydrogen-bond donors (Lipinski definition) is 0. The first-order chi connectivity index (χ1) is 8.61. The van der Waals surface area contributed by atoms with E-state index in [1.54, 1.807) is 6.92 Å². The van der Waals surface area contributed by atoms with Crippen LogP contribution in [-0.2, 0) is 17.6 Å². The van der Waals surface area contributed by atoms with E-state index < -0.39 is 0 Å². The lowest BCUT2D eigenvalue weighted by Crippen LogP contribution is -2.25. The molecule has 1 amide bonds. The summed E-state index contributed by atoms with van der Waals surface area (Å²) in [6.45, 7) is 4.68. The largest absolute Gasteiger partial charge is 0.312 e. The second-order valence-electron chi connectivity index (χ2n) is 4.97. The van der Waals surface area contributed by atoms with Gasteiger partial charge < -0.3 is 4.90 Å². The van der Waals surface area contributed by atoms with E-state index in [1.807, 2.05) is 4.90 Å². The van der Waals surface area contributed by atoms with Gasteiger partial charge in [-0.05, 0) is 36.5 Å². The lowest BCUT2D eigenvalue weighted by atomic mass is 10.0. The minimum absolute atomic E-state index is 0.144. The standard InChI is InChI=1S/C15H20BrNO/c1-3-4-14(16)10-12-5-6-15-13(9-12)7-8-17(15)11(2)18/h5-6,9,14H,3-4,7-8,10H2,1-2H3. The Labute approximate surface area is 117 Å². The molecule has 0 radical (unpaired) electrons. The first-order valence-electron chi connectivity index (χ1n) is 6.65. The van der Waals surface area contributed by atoms with Crippen LogP contribution < -0.4 is 4.90 Å². The maximum absolute atomic E-state index is 11.5. The van der Waals surface area contributed by atoms with Crippen LogP contribution in [0.25, 0.3) is 0 Å². The number of amides is 1. The number of alkyl halides is 1. The summed E-state index contributed by atoms with van der Waals surface area (Å²) in [5.74, 6) is 0.144. The molecule has 1 aromatic rings. The Morgan fingerprint density at radius 2 is 2.28 bits per heavy atom. The summed E-state index contributed by atoms with van der Waals surface area (Å²) >= 11 is 3.73. The van der Waals surface area contributed by atoms with Crippen LogP contribution in [-0.4, -0.2) is 17.3 Å². The summed E-state index contributed by atoms with van der Waals surface area (Å²) in [6, 6.07) is 6.52. The number of carbonyl (C=O) groups is 1. The van der Waals surface area contributed by atoms with Gasteiger partial charge in [-0.25, -0.2) is 0 Å². The predicted octanol–water partition coefficient (Wildman–Crippen LogP) is 3.70. The first kappa shape index (κ1) is 13.6. The molecule has 18 heavy (non-hydrogen) atoms. The summed E-state index contributed by atoms with van der Waals surface area (Å²) < 4.78 is 0. The van der Waals surface area contributed by atoms with E-state index in [1.165, 1.54) is 24.0 Å². The zero-order chi connectivity index (χ0) is 13.1. The Hall–Kier alpha value is -0.830. The van der Waals surface area contributed by atoms with E-state index in [2.05, 4.69) is 41.1 Å². The Morgan fingerprint density at radius 3 is 2.94 bits per heavy atom. The highest BCUT2D eigenvalue weighted by atomic mass is 79.9. The van der Waals surface area contributed by atoms with E-state index in [0.717, 1.165) is 25.1 Å². The fourth-order valence-electron chi connectivity index (χ4n) is 2.58. The Kier molecular flexibility index (Phi) is 4.44. The zero-order valence-corrected chi connectivity index (χ0v) is 12.7. The van der Waals surface area contributed by atoms with Gasteiger partial charge in [0.05, 0.1) is 0 Å². The van der Waals surface area contributed by atoms with Crippen LogP contribution in [0.5, 0.6) is 0 Å². The van der Waals surface area contributed by atoms with Crippen LogP contribution in [0, 0.1) is 0 Å². The maximum Gasteiger partial charge on any atom is 0.223 e. The van der Waals surface area contributed by atoms with Gasteiger partial charge >= 0.3 is 0 Å². The normalized spacial score (nSPS) is 15.6. The van der Waals surface area contributed by atoms with Crippen LogP contribution in [0.2, 0.25) is 0 Å². The molecule has 0 bridgehead atoms. The third kappa shape index (κ3) is 2.94. The molecule has 0 spiro atoms. The van der Waals surface area contributed by atoms with Crippen molar-refractivity contribution >= 4 is 27.5 Å². The summed E-state index contributed by atoms with van der Waals surface area (Å²) in [6.07, 6.45) is 4.47. The summed E-state index contributed by atoms with van der Waals surface area (Å²) in [4.78, 5) is 13.9. The predicted molar refractivity (Wildman–Crippen MR) is 79.5 cm³/mol. The van der Waals surface area contributed by atoms with E-state index in [9.17, 15) is 4.79 Å². The number of rotatable bonds is 4. The lowest BCUT2D eigenvalue weighted by molar-refractivity contribution is -0.116. The minimum Gasteiger partial charge on any atom is -0.312 e. The molecule has 1 aliphatic rings. The summed E-state index contributed by atoms with van der Waals surface area (Å²) in [5, 5.41) is 0. The quantitative estimate of drug-likeness (QED) is 0.777. The van der Waals surface area contributed by atoms with Crippen molar-refractivity contribution in [2.45, 2.75) is 44.4 Å². The van der Waals surface area contributed by atoms with Crippen molar-refractivity contribution in [2.24, 2.45) is 0 Å². The minimum atomic E-state index is 0.144. The highest BCUT2D eigenvalue weighted by Gasteiger charge is 2.22.